The molecule has 1 amide bonds. The van der Waals surface area contributed by atoms with Gasteiger partial charge in [-0.1, -0.05) is 48.0 Å². The highest BCUT2D eigenvalue weighted by atomic mass is 35.5. The molecule has 0 aliphatic carbocycles. The first-order valence-corrected chi connectivity index (χ1v) is 14.6. The summed E-state index contributed by atoms with van der Waals surface area (Å²) in [6.07, 6.45) is 6.42. The molecule has 1 aromatic carbocycles. The molecule has 0 bridgehead atoms. The molecule has 2 atom stereocenters. The van der Waals surface area contributed by atoms with E-state index in [9.17, 15) is 22.8 Å². The number of carbonyl (C=O) groups excluding carboxylic acids is 1. The smallest absolute Gasteiger partial charge is 0.332 e. The Morgan fingerprint density at radius 1 is 1.18 bits per heavy atom. The molecule has 4 aliphatic heterocycles. The summed E-state index contributed by atoms with van der Waals surface area (Å²) in [5.74, 6) is -0.398. The minimum atomic E-state index is -3.79. The van der Waals surface area contributed by atoms with Gasteiger partial charge in [-0.25, -0.2) is 13.2 Å². The second kappa shape index (κ2) is 9.40. The van der Waals surface area contributed by atoms with Crippen LogP contribution in [0.5, 0.6) is 0 Å². The Kier molecular flexibility index (Phi) is 6.16. The van der Waals surface area contributed by atoms with Crippen molar-refractivity contribution in [2.75, 3.05) is 18.8 Å². The van der Waals surface area contributed by atoms with Crippen molar-refractivity contribution in [2.24, 2.45) is 0 Å². The number of halogens is 1. The van der Waals surface area contributed by atoms with E-state index in [2.05, 4.69) is 15.5 Å². The van der Waals surface area contributed by atoms with Gasteiger partial charge >= 0.3 is 5.69 Å². The van der Waals surface area contributed by atoms with Crippen LogP contribution in [0.3, 0.4) is 0 Å². The molecular weight excluding hydrogens is 530 g/mol. The van der Waals surface area contributed by atoms with E-state index in [0.29, 0.717) is 35.6 Å². The number of amides is 1. The zero-order valence-electron chi connectivity index (χ0n) is 20.4. The molecule has 198 valence electrons. The van der Waals surface area contributed by atoms with Gasteiger partial charge in [0.15, 0.2) is 14.9 Å². The van der Waals surface area contributed by atoms with Crippen molar-refractivity contribution in [3.8, 4) is 11.1 Å². The number of allylic oxidation sites excluding steroid dienone is 3. The van der Waals surface area contributed by atoms with Crippen molar-refractivity contribution in [1.82, 2.24) is 24.7 Å². The van der Waals surface area contributed by atoms with Crippen LogP contribution in [0.4, 0.5) is 0 Å². The summed E-state index contributed by atoms with van der Waals surface area (Å²) in [6.45, 7) is 1.05. The Morgan fingerprint density at radius 2 is 1.97 bits per heavy atom. The standard InChI is InChI=1S/C26H26ClN5O5S/c27-22-17-9-4-10-19-29-15-18(32(17)19)21(22)23(33)28-11-5-12-30-24(34)20(16-7-2-1-3-8-16)25-31(26(30)35)13-6-14-38(25,36)37/h1-4,7-10,18-19,29H,5-6,11-15H2,(H,28,33). The van der Waals surface area contributed by atoms with Crippen molar-refractivity contribution >= 4 is 27.3 Å². The first kappa shape index (κ1) is 24.9. The monoisotopic (exact) mass is 555 g/mol. The van der Waals surface area contributed by atoms with Crippen LogP contribution in [0.25, 0.3) is 11.1 Å². The molecule has 10 nitrogen and oxygen atoms in total. The number of benzene rings is 1. The molecular formula is C26H26ClN5O5S. The van der Waals surface area contributed by atoms with Gasteiger partial charge in [-0.3, -0.25) is 24.0 Å². The zero-order valence-corrected chi connectivity index (χ0v) is 22.0. The molecule has 1 fully saturated rings. The van der Waals surface area contributed by atoms with Gasteiger partial charge in [0.1, 0.15) is 0 Å². The average Bonchev–Trinajstić information content (AvgIpc) is 3.45. The number of rotatable bonds is 6. The maximum atomic E-state index is 13.5. The maximum absolute atomic E-state index is 13.5. The van der Waals surface area contributed by atoms with Gasteiger partial charge in [0, 0.05) is 26.2 Å². The van der Waals surface area contributed by atoms with Crippen molar-refractivity contribution < 1.29 is 13.2 Å². The summed E-state index contributed by atoms with van der Waals surface area (Å²) < 4.78 is 28.1. The Hall–Kier alpha value is -3.41. The minimum absolute atomic E-state index is 0.00512. The fraction of sp³-hybridized carbons (Fsp3) is 0.346. The number of nitrogens with one attached hydrogen (secondary N) is 2. The lowest BCUT2D eigenvalue weighted by atomic mass is 10.1. The normalized spacial score (nSPS) is 22.8. The molecule has 38 heavy (non-hydrogen) atoms. The highest BCUT2D eigenvalue weighted by Crippen LogP contribution is 2.41. The molecule has 2 N–H and O–H groups in total. The van der Waals surface area contributed by atoms with Crippen molar-refractivity contribution in [3.05, 3.63) is 85.7 Å². The van der Waals surface area contributed by atoms with E-state index in [-0.39, 0.29) is 54.1 Å². The second-order valence-electron chi connectivity index (χ2n) is 9.66. The average molecular weight is 556 g/mol. The summed E-state index contributed by atoms with van der Waals surface area (Å²) >= 11 is 6.57. The minimum Gasteiger partial charge on any atom is -0.352 e. The van der Waals surface area contributed by atoms with Gasteiger partial charge in [0.05, 0.1) is 39.8 Å². The number of aromatic nitrogens is 2. The lowest BCUT2D eigenvalue weighted by Gasteiger charge is -2.27. The molecule has 2 aromatic rings. The predicted molar refractivity (Wildman–Crippen MR) is 142 cm³/mol. The van der Waals surface area contributed by atoms with Gasteiger partial charge in [-0.2, -0.15) is 0 Å². The summed E-state index contributed by atoms with van der Waals surface area (Å²) in [4.78, 5) is 41.9. The maximum Gasteiger partial charge on any atom is 0.332 e. The molecule has 0 spiro atoms. The predicted octanol–water partition coefficient (Wildman–Crippen LogP) is 0.921. The van der Waals surface area contributed by atoms with E-state index in [1.165, 1.54) is 4.57 Å². The van der Waals surface area contributed by atoms with E-state index in [1.54, 1.807) is 30.3 Å². The van der Waals surface area contributed by atoms with Crippen LogP contribution in [0.15, 0.2) is 79.5 Å². The molecule has 5 heterocycles. The summed E-state index contributed by atoms with van der Waals surface area (Å²) in [7, 11) is -3.79. The van der Waals surface area contributed by atoms with Crippen molar-refractivity contribution in [2.45, 2.75) is 43.2 Å². The summed E-state index contributed by atoms with van der Waals surface area (Å²) in [5.41, 5.74) is 0.472. The molecule has 0 radical (unpaired) electrons. The number of sulfone groups is 1. The van der Waals surface area contributed by atoms with E-state index < -0.39 is 21.1 Å². The Morgan fingerprint density at radius 3 is 2.76 bits per heavy atom. The topological polar surface area (TPSA) is 123 Å². The molecule has 1 aromatic heterocycles. The molecule has 2 unspecified atom stereocenters. The highest BCUT2D eigenvalue weighted by molar-refractivity contribution is 7.91. The van der Waals surface area contributed by atoms with Crippen LogP contribution in [0, 0.1) is 0 Å². The molecule has 4 aliphatic rings. The molecule has 6 rings (SSSR count). The summed E-state index contributed by atoms with van der Waals surface area (Å²) in [5, 5.41) is 6.45. The van der Waals surface area contributed by atoms with Crippen LogP contribution < -0.4 is 21.9 Å². The lowest BCUT2D eigenvalue weighted by Crippen LogP contribution is -2.45. The highest BCUT2D eigenvalue weighted by Gasteiger charge is 2.46. The van der Waals surface area contributed by atoms with Crippen molar-refractivity contribution in [3.63, 3.8) is 0 Å². The van der Waals surface area contributed by atoms with Gasteiger partial charge in [0.25, 0.3) is 11.5 Å². The van der Waals surface area contributed by atoms with Crippen molar-refractivity contribution in [1.29, 1.82) is 0 Å². The molecule has 0 saturated carbocycles. The molecule has 12 heteroatoms. The fourth-order valence-electron chi connectivity index (χ4n) is 5.70. The number of hydrogen-bond donors (Lipinski definition) is 2. The SMILES string of the molecule is O=C(NCCCn1c(=O)c(-c2ccccc2)c2n(c1=O)CCCS2(=O)=O)C1=C(Cl)C2=CC=CC3NCC1N23. The van der Waals surface area contributed by atoms with E-state index >= 15 is 0 Å². The fourth-order valence-corrected chi connectivity index (χ4v) is 7.79. The van der Waals surface area contributed by atoms with Gasteiger partial charge in [-0.15, -0.1) is 0 Å². The lowest BCUT2D eigenvalue weighted by molar-refractivity contribution is -0.117. The number of carbonyl (C=O) groups is 1. The Bertz CT molecular complexity index is 1650. The summed E-state index contributed by atoms with van der Waals surface area (Å²) in [6, 6.07) is 8.37. The van der Waals surface area contributed by atoms with Crippen LogP contribution >= 0.6 is 11.6 Å². The number of hydrogen-bond acceptors (Lipinski definition) is 7. The first-order chi connectivity index (χ1) is 18.3. The second-order valence-corrected chi connectivity index (χ2v) is 12.1. The molecule has 1 saturated heterocycles. The van der Waals surface area contributed by atoms with E-state index in [4.69, 9.17) is 11.6 Å². The quantitative estimate of drug-likeness (QED) is 0.401. The third kappa shape index (κ3) is 3.88. The number of fused-ring (bicyclic) bond motifs is 1. The third-order valence-electron chi connectivity index (χ3n) is 7.40. The van der Waals surface area contributed by atoms with Crippen LogP contribution in [0.2, 0.25) is 0 Å². The third-order valence-corrected chi connectivity index (χ3v) is 9.63. The van der Waals surface area contributed by atoms with E-state index in [0.717, 1.165) is 10.3 Å². The van der Waals surface area contributed by atoms with Crippen LogP contribution in [-0.2, 0) is 27.7 Å². The van der Waals surface area contributed by atoms with Crippen LogP contribution in [-0.4, -0.2) is 59.4 Å². The largest absolute Gasteiger partial charge is 0.352 e. The first-order valence-electron chi connectivity index (χ1n) is 12.5. The number of nitrogens with zero attached hydrogens (tertiary/aromatic N) is 3. The Labute approximate surface area is 223 Å². The van der Waals surface area contributed by atoms with Gasteiger partial charge in [0.2, 0.25) is 0 Å². The van der Waals surface area contributed by atoms with Gasteiger partial charge in [-0.05, 0) is 30.6 Å². The Balaban J connectivity index is 1.24. The van der Waals surface area contributed by atoms with E-state index in [1.807, 2.05) is 18.2 Å². The zero-order chi connectivity index (χ0) is 26.6. The van der Waals surface area contributed by atoms with Crippen LogP contribution in [0.1, 0.15) is 12.8 Å². The van der Waals surface area contributed by atoms with Gasteiger partial charge < -0.3 is 10.2 Å².